The molecule has 52 valence electrons. The molecule has 0 fully saturated rings. The first-order valence-corrected chi connectivity index (χ1v) is 3.72. The highest BCUT2D eigenvalue weighted by Crippen LogP contribution is 2.04. The van der Waals surface area contributed by atoms with Crippen molar-refractivity contribution in [2.75, 3.05) is 0 Å². The molecular weight excluding hydrogens is 122 g/mol. The molecule has 0 aromatic carbocycles. The molecule has 1 aromatic rings. The van der Waals surface area contributed by atoms with Crippen LogP contribution in [0.5, 0.6) is 0 Å². The lowest BCUT2D eigenvalue weighted by Gasteiger charge is -2.03. The first kappa shape index (κ1) is 5.78. The van der Waals surface area contributed by atoms with E-state index >= 15 is 0 Å². The summed E-state index contributed by atoms with van der Waals surface area (Å²) in [5.74, 6) is 0.711. The predicted octanol–water partition coefficient (Wildman–Crippen LogP) is 0.615. The van der Waals surface area contributed by atoms with Crippen LogP contribution in [0, 0.1) is 5.92 Å². The standard InChI is InChI=1S/C9H11N/c1-7-2-3-9-8(6-7)4-5-10-9/h3-7,10H,2H2,1H3/t7-/m1/s1. The van der Waals surface area contributed by atoms with Crippen molar-refractivity contribution in [3.8, 4) is 0 Å². The zero-order chi connectivity index (χ0) is 6.97. The van der Waals surface area contributed by atoms with Crippen LogP contribution in [0.1, 0.15) is 13.3 Å². The number of nitrogens with one attached hydrogen (secondary N) is 1. The molecule has 0 radical (unpaired) electrons. The molecule has 0 spiro atoms. The second-order valence-corrected chi connectivity index (χ2v) is 2.93. The van der Waals surface area contributed by atoms with Gasteiger partial charge in [-0.3, -0.25) is 0 Å². The quantitative estimate of drug-likeness (QED) is 0.534. The van der Waals surface area contributed by atoms with Crippen molar-refractivity contribution < 1.29 is 0 Å². The van der Waals surface area contributed by atoms with Crippen LogP contribution in [0.25, 0.3) is 12.2 Å². The lowest BCUT2D eigenvalue weighted by Crippen LogP contribution is -2.26. The van der Waals surface area contributed by atoms with Crippen molar-refractivity contribution in [2.24, 2.45) is 5.92 Å². The number of hydrogen-bond acceptors (Lipinski definition) is 0. The Morgan fingerprint density at radius 3 is 3.40 bits per heavy atom. The molecule has 0 aliphatic heterocycles. The van der Waals surface area contributed by atoms with Crippen LogP contribution in [-0.2, 0) is 0 Å². The average Bonchev–Trinajstić information content (AvgIpc) is 2.33. The first-order valence-electron chi connectivity index (χ1n) is 3.72. The summed E-state index contributed by atoms with van der Waals surface area (Å²) in [6.07, 6.45) is 7.75. The van der Waals surface area contributed by atoms with Gasteiger partial charge in [-0.05, 0) is 23.6 Å². The van der Waals surface area contributed by atoms with Crippen LogP contribution < -0.4 is 10.6 Å². The Bertz CT molecular complexity index is 332. The SMILES string of the molecule is C[C@H]1C=c2cc[nH]c2=CC1. The van der Waals surface area contributed by atoms with E-state index in [2.05, 4.69) is 30.1 Å². The van der Waals surface area contributed by atoms with Crippen molar-refractivity contribution in [3.63, 3.8) is 0 Å². The fraction of sp³-hybridized carbons (Fsp3) is 0.333. The van der Waals surface area contributed by atoms with Crippen LogP contribution in [-0.4, -0.2) is 4.98 Å². The zero-order valence-corrected chi connectivity index (χ0v) is 6.09. The summed E-state index contributed by atoms with van der Waals surface area (Å²) in [4.78, 5) is 3.19. The molecule has 1 nitrogen and oxygen atoms in total. The molecule has 0 saturated carbocycles. The molecule has 1 heterocycles. The molecule has 1 heteroatoms. The fourth-order valence-electron chi connectivity index (χ4n) is 1.39. The number of hydrogen-bond donors (Lipinski definition) is 1. The highest BCUT2D eigenvalue weighted by Gasteiger charge is 1.99. The molecule has 1 atom stereocenters. The van der Waals surface area contributed by atoms with E-state index < -0.39 is 0 Å². The number of fused-ring (bicyclic) bond motifs is 1. The van der Waals surface area contributed by atoms with E-state index in [1.54, 1.807) is 0 Å². The van der Waals surface area contributed by atoms with Crippen LogP contribution in [0.4, 0.5) is 0 Å². The van der Waals surface area contributed by atoms with Crippen molar-refractivity contribution in [1.82, 2.24) is 4.98 Å². The normalized spacial score (nSPS) is 22.7. The largest absolute Gasteiger partial charge is 0.361 e. The molecule has 1 aliphatic carbocycles. The van der Waals surface area contributed by atoms with Gasteiger partial charge in [0.15, 0.2) is 0 Å². The summed E-state index contributed by atoms with van der Waals surface area (Å²) in [5.41, 5.74) is 0. The van der Waals surface area contributed by atoms with E-state index in [0.717, 1.165) is 0 Å². The minimum Gasteiger partial charge on any atom is -0.361 e. The summed E-state index contributed by atoms with van der Waals surface area (Å²) in [6, 6.07) is 2.13. The van der Waals surface area contributed by atoms with Gasteiger partial charge >= 0.3 is 0 Å². The van der Waals surface area contributed by atoms with Crippen LogP contribution in [0.3, 0.4) is 0 Å². The Kier molecular flexibility index (Phi) is 1.16. The third-order valence-corrected chi connectivity index (χ3v) is 1.97. The maximum Gasteiger partial charge on any atom is 0.0410 e. The maximum atomic E-state index is 3.19. The van der Waals surface area contributed by atoms with Crippen LogP contribution in [0.15, 0.2) is 12.3 Å². The highest BCUT2D eigenvalue weighted by molar-refractivity contribution is 5.37. The summed E-state index contributed by atoms with van der Waals surface area (Å²) >= 11 is 0. The number of aromatic amines is 1. The van der Waals surface area contributed by atoms with E-state index in [9.17, 15) is 0 Å². The minimum absolute atomic E-state index is 0.711. The van der Waals surface area contributed by atoms with Gasteiger partial charge in [0.05, 0.1) is 0 Å². The van der Waals surface area contributed by atoms with Gasteiger partial charge in [0, 0.05) is 11.5 Å². The van der Waals surface area contributed by atoms with Crippen LogP contribution >= 0.6 is 0 Å². The third-order valence-electron chi connectivity index (χ3n) is 1.97. The van der Waals surface area contributed by atoms with Gasteiger partial charge in [-0.15, -0.1) is 0 Å². The van der Waals surface area contributed by atoms with Crippen molar-refractivity contribution in [2.45, 2.75) is 13.3 Å². The summed E-state index contributed by atoms with van der Waals surface area (Å²) in [7, 11) is 0. The monoisotopic (exact) mass is 133 g/mol. The van der Waals surface area contributed by atoms with Gasteiger partial charge in [0.25, 0.3) is 0 Å². The number of aromatic nitrogens is 1. The van der Waals surface area contributed by atoms with Gasteiger partial charge in [0.2, 0.25) is 0 Å². The second-order valence-electron chi connectivity index (χ2n) is 2.93. The van der Waals surface area contributed by atoms with Gasteiger partial charge in [-0.2, -0.15) is 0 Å². The summed E-state index contributed by atoms with van der Waals surface area (Å²) in [5, 5.41) is 2.65. The maximum absolute atomic E-state index is 3.19. The molecule has 0 unspecified atom stereocenters. The van der Waals surface area contributed by atoms with Gasteiger partial charge in [-0.1, -0.05) is 19.1 Å². The molecule has 1 N–H and O–H groups in total. The van der Waals surface area contributed by atoms with Crippen LogP contribution in [0.2, 0.25) is 0 Å². The van der Waals surface area contributed by atoms with E-state index in [4.69, 9.17) is 0 Å². The van der Waals surface area contributed by atoms with Gasteiger partial charge in [0.1, 0.15) is 0 Å². The van der Waals surface area contributed by atoms with E-state index in [1.165, 1.54) is 17.0 Å². The minimum atomic E-state index is 0.711. The molecule has 0 amide bonds. The Labute approximate surface area is 60.1 Å². The highest BCUT2D eigenvalue weighted by atomic mass is 14.6. The van der Waals surface area contributed by atoms with Crippen molar-refractivity contribution in [3.05, 3.63) is 22.8 Å². The molecule has 2 rings (SSSR count). The second kappa shape index (κ2) is 2.01. The average molecular weight is 133 g/mol. The molecular formula is C9H11N. The zero-order valence-electron chi connectivity index (χ0n) is 6.09. The molecule has 0 bridgehead atoms. The predicted molar refractivity (Wildman–Crippen MR) is 42.8 cm³/mol. The number of H-pyrrole nitrogens is 1. The Morgan fingerprint density at radius 2 is 2.50 bits per heavy atom. The van der Waals surface area contributed by atoms with Gasteiger partial charge < -0.3 is 4.98 Å². The molecule has 0 saturated heterocycles. The molecule has 1 aromatic heterocycles. The number of rotatable bonds is 0. The summed E-state index contributed by atoms with van der Waals surface area (Å²) in [6.45, 7) is 2.24. The molecule has 10 heavy (non-hydrogen) atoms. The van der Waals surface area contributed by atoms with Crippen molar-refractivity contribution >= 4 is 12.2 Å². The summed E-state index contributed by atoms with van der Waals surface area (Å²) < 4.78 is 0. The van der Waals surface area contributed by atoms with E-state index in [0.29, 0.717) is 5.92 Å². The van der Waals surface area contributed by atoms with E-state index in [-0.39, 0.29) is 0 Å². The third kappa shape index (κ3) is 0.783. The lowest BCUT2D eigenvalue weighted by molar-refractivity contribution is 0.798. The molecule has 1 aliphatic rings. The fourth-order valence-corrected chi connectivity index (χ4v) is 1.39. The van der Waals surface area contributed by atoms with Gasteiger partial charge in [-0.25, -0.2) is 0 Å². The Balaban J connectivity index is 2.73. The lowest BCUT2D eigenvalue weighted by atomic mass is 10.0. The topological polar surface area (TPSA) is 15.8 Å². The first-order chi connectivity index (χ1) is 4.86. The Morgan fingerprint density at radius 1 is 1.60 bits per heavy atom. The van der Waals surface area contributed by atoms with E-state index in [1.807, 2.05) is 6.20 Å². The Hall–Kier alpha value is -0.980. The smallest absolute Gasteiger partial charge is 0.0410 e. The van der Waals surface area contributed by atoms with Crippen molar-refractivity contribution in [1.29, 1.82) is 0 Å².